The summed E-state index contributed by atoms with van der Waals surface area (Å²) >= 11 is 1.65. The number of thioether (sulfide) groups is 1. The molecule has 7 heteroatoms. The van der Waals surface area contributed by atoms with Crippen molar-refractivity contribution in [1.82, 2.24) is 4.90 Å². The highest BCUT2D eigenvalue weighted by atomic mass is 32.2. The Morgan fingerprint density at radius 1 is 1.13 bits per heavy atom. The smallest absolute Gasteiger partial charge is 0.265 e. The van der Waals surface area contributed by atoms with Gasteiger partial charge in [0.05, 0.1) is 23.9 Å². The molecule has 1 fully saturated rings. The van der Waals surface area contributed by atoms with Crippen molar-refractivity contribution in [2.24, 2.45) is 0 Å². The van der Waals surface area contributed by atoms with E-state index >= 15 is 0 Å². The molecule has 30 heavy (non-hydrogen) atoms. The van der Waals surface area contributed by atoms with Crippen molar-refractivity contribution in [3.8, 4) is 5.75 Å². The first-order valence-corrected chi connectivity index (χ1v) is 11.2. The van der Waals surface area contributed by atoms with Crippen LogP contribution in [0.3, 0.4) is 0 Å². The van der Waals surface area contributed by atoms with Crippen molar-refractivity contribution in [2.45, 2.75) is 29.9 Å². The molecule has 2 aliphatic heterocycles. The molecular formula is C23H26N2O4S. The van der Waals surface area contributed by atoms with Gasteiger partial charge in [0.25, 0.3) is 11.8 Å². The Morgan fingerprint density at radius 2 is 1.90 bits per heavy atom. The number of carbonyl (C=O) groups is 2. The number of nitrogens with zero attached hydrogens (tertiary/aromatic N) is 2. The summed E-state index contributed by atoms with van der Waals surface area (Å²) in [6.45, 7) is 0.995. The summed E-state index contributed by atoms with van der Waals surface area (Å²) in [4.78, 5) is 30.3. The summed E-state index contributed by atoms with van der Waals surface area (Å²) in [5.41, 5.74) is 1.32. The van der Waals surface area contributed by atoms with Crippen LogP contribution in [0.2, 0.25) is 0 Å². The first-order chi connectivity index (χ1) is 14.5. The van der Waals surface area contributed by atoms with Gasteiger partial charge in [-0.05, 0) is 37.1 Å². The number of rotatable bonds is 5. The number of carbonyl (C=O) groups excluding carboxylic acids is 2. The molecule has 0 spiro atoms. The predicted molar refractivity (Wildman–Crippen MR) is 117 cm³/mol. The molecule has 0 saturated carbocycles. The summed E-state index contributed by atoms with van der Waals surface area (Å²) in [5, 5.41) is 0. The fourth-order valence-electron chi connectivity index (χ4n) is 3.72. The maximum absolute atomic E-state index is 13.6. The Balaban J connectivity index is 1.61. The molecule has 2 atom stereocenters. The number of ether oxygens (including phenoxy) is 2. The second-order valence-corrected chi connectivity index (χ2v) is 8.73. The molecule has 2 unspecified atom stereocenters. The zero-order valence-electron chi connectivity index (χ0n) is 17.2. The standard InChI is InChI=1S/C23H26N2O4S/c1-24(2)23(27)20-14-25(18-10-4-5-11-19(18)29-20)22(26)17-9-3-6-12-21(17)30-15-16-8-7-13-28-16/h3-6,9-12,16,20H,7-8,13-15H2,1-2H3. The highest BCUT2D eigenvalue weighted by molar-refractivity contribution is 7.99. The molecule has 4 rings (SSSR count). The molecule has 0 aliphatic carbocycles. The zero-order chi connectivity index (χ0) is 21.1. The van der Waals surface area contributed by atoms with Crippen LogP contribution in [-0.4, -0.2) is 61.9 Å². The average Bonchev–Trinajstić information content (AvgIpc) is 3.29. The van der Waals surface area contributed by atoms with Gasteiger partial charge in [0.15, 0.2) is 6.10 Å². The van der Waals surface area contributed by atoms with Gasteiger partial charge in [-0.15, -0.1) is 11.8 Å². The van der Waals surface area contributed by atoms with Crippen molar-refractivity contribution >= 4 is 29.3 Å². The lowest BCUT2D eigenvalue weighted by Crippen LogP contribution is -2.50. The third-order valence-electron chi connectivity index (χ3n) is 5.30. The van der Waals surface area contributed by atoms with Crippen molar-refractivity contribution in [2.75, 3.05) is 37.9 Å². The van der Waals surface area contributed by atoms with E-state index in [0.717, 1.165) is 30.1 Å². The lowest BCUT2D eigenvalue weighted by Gasteiger charge is -2.35. The molecule has 1 saturated heterocycles. The van der Waals surface area contributed by atoms with Gasteiger partial charge in [-0.25, -0.2) is 0 Å². The van der Waals surface area contributed by atoms with Crippen LogP contribution < -0.4 is 9.64 Å². The quantitative estimate of drug-likeness (QED) is 0.686. The molecule has 158 valence electrons. The number of hydrogen-bond acceptors (Lipinski definition) is 5. The van der Waals surface area contributed by atoms with Crippen LogP contribution in [-0.2, 0) is 9.53 Å². The number of para-hydroxylation sites is 2. The number of amides is 2. The minimum absolute atomic E-state index is 0.127. The summed E-state index contributed by atoms with van der Waals surface area (Å²) in [5.74, 6) is 1.08. The lowest BCUT2D eigenvalue weighted by atomic mass is 10.1. The van der Waals surface area contributed by atoms with Crippen molar-refractivity contribution in [1.29, 1.82) is 0 Å². The molecule has 2 aliphatic rings. The van der Waals surface area contributed by atoms with E-state index in [1.165, 1.54) is 4.90 Å². The van der Waals surface area contributed by atoms with Crippen LogP contribution in [0.15, 0.2) is 53.4 Å². The molecule has 2 heterocycles. The third kappa shape index (κ3) is 4.32. The molecule has 0 radical (unpaired) electrons. The second-order valence-electron chi connectivity index (χ2n) is 7.66. The van der Waals surface area contributed by atoms with Gasteiger partial charge in [0, 0.05) is 31.4 Å². The fourth-order valence-corrected chi connectivity index (χ4v) is 4.83. The van der Waals surface area contributed by atoms with E-state index in [2.05, 4.69) is 0 Å². The number of likely N-dealkylation sites (N-methyl/N-ethyl adjacent to an activating group) is 1. The van der Waals surface area contributed by atoms with E-state index in [1.807, 2.05) is 42.5 Å². The fraction of sp³-hybridized carbons (Fsp3) is 0.391. The van der Waals surface area contributed by atoms with E-state index in [1.54, 1.807) is 36.8 Å². The molecule has 2 aromatic carbocycles. The largest absolute Gasteiger partial charge is 0.476 e. The SMILES string of the molecule is CN(C)C(=O)C1CN(C(=O)c2ccccc2SCC2CCCO2)c2ccccc2O1. The summed E-state index contributed by atoms with van der Waals surface area (Å²) in [7, 11) is 3.38. The summed E-state index contributed by atoms with van der Waals surface area (Å²) < 4.78 is 11.6. The summed E-state index contributed by atoms with van der Waals surface area (Å²) in [6.07, 6.45) is 1.67. The average molecular weight is 427 g/mol. The molecule has 2 aromatic rings. The summed E-state index contributed by atoms with van der Waals surface area (Å²) in [6, 6.07) is 15.0. The van der Waals surface area contributed by atoms with Gasteiger partial charge in [-0.1, -0.05) is 24.3 Å². The van der Waals surface area contributed by atoms with Crippen molar-refractivity contribution in [3.63, 3.8) is 0 Å². The third-order valence-corrected chi connectivity index (χ3v) is 6.51. The zero-order valence-corrected chi connectivity index (χ0v) is 18.1. The van der Waals surface area contributed by atoms with Gasteiger partial charge in [0.1, 0.15) is 5.75 Å². The van der Waals surface area contributed by atoms with Crippen LogP contribution in [0, 0.1) is 0 Å². The Kier molecular flexibility index (Phi) is 6.29. The van der Waals surface area contributed by atoms with E-state index < -0.39 is 6.10 Å². The Bertz CT molecular complexity index is 927. The van der Waals surface area contributed by atoms with Gasteiger partial charge < -0.3 is 19.3 Å². The van der Waals surface area contributed by atoms with Crippen LogP contribution in [0.5, 0.6) is 5.75 Å². The molecule has 0 N–H and O–H groups in total. The van der Waals surface area contributed by atoms with Crippen LogP contribution in [0.25, 0.3) is 0 Å². The topological polar surface area (TPSA) is 59.1 Å². The highest BCUT2D eigenvalue weighted by Gasteiger charge is 2.35. The maximum atomic E-state index is 13.6. The van der Waals surface area contributed by atoms with E-state index in [4.69, 9.17) is 9.47 Å². The highest BCUT2D eigenvalue weighted by Crippen LogP contribution is 2.36. The Labute approximate surface area is 181 Å². The predicted octanol–water partition coefficient (Wildman–Crippen LogP) is 3.45. The number of benzene rings is 2. The normalized spacial score (nSPS) is 20.4. The van der Waals surface area contributed by atoms with Gasteiger partial charge >= 0.3 is 0 Å². The molecule has 6 nitrogen and oxygen atoms in total. The van der Waals surface area contributed by atoms with Crippen molar-refractivity contribution < 1.29 is 19.1 Å². The molecule has 0 aromatic heterocycles. The number of hydrogen-bond donors (Lipinski definition) is 0. The van der Waals surface area contributed by atoms with E-state index in [9.17, 15) is 9.59 Å². The Hall–Kier alpha value is -2.51. The van der Waals surface area contributed by atoms with Gasteiger partial charge in [-0.2, -0.15) is 0 Å². The first kappa shape index (κ1) is 20.8. The van der Waals surface area contributed by atoms with E-state index in [0.29, 0.717) is 17.0 Å². The molecular weight excluding hydrogens is 400 g/mol. The monoisotopic (exact) mass is 426 g/mol. The van der Waals surface area contributed by atoms with Crippen molar-refractivity contribution in [3.05, 3.63) is 54.1 Å². The number of fused-ring (bicyclic) bond motifs is 1. The van der Waals surface area contributed by atoms with Crippen LogP contribution >= 0.6 is 11.8 Å². The lowest BCUT2D eigenvalue weighted by molar-refractivity contribution is -0.135. The van der Waals surface area contributed by atoms with Crippen LogP contribution in [0.4, 0.5) is 5.69 Å². The Morgan fingerprint density at radius 3 is 2.67 bits per heavy atom. The first-order valence-electron chi connectivity index (χ1n) is 10.2. The van der Waals surface area contributed by atoms with Gasteiger partial charge in [-0.3, -0.25) is 9.59 Å². The maximum Gasteiger partial charge on any atom is 0.265 e. The number of anilines is 1. The minimum atomic E-state index is -0.731. The molecule has 2 amide bonds. The second kappa shape index (κ2) is 9.10. The van der Waals surface area contributed by atoms with Crippen LogP contribution in [0.1, 0.15) is 23.2 Å². The minimum Gasteiger partial charge on any atom is -0.476 e. The molecule has 0 bridgehead atoms. The van der Waals surface area contributed by atoms with E-state index in [-0.39, 0.29) is 24.5 Å². The van der Waals surface area contributed by atoms with Gasteiger partial charge in [0.2, 0.25) is 0 Å².